The summed E-state index contributed by atoms with van der Waals surface area (Å²) >= 11 is 0. The average Bonchev–Trinajstić information content (AvgIpc) is 2.86. The molecule has 0 N–H and O–H groups in total. The lowest BCUT2D eigenvalue weighted by atomic mass is 9.79. The molecule has 0 heterocycles. The highest BCUT2D eigenvalue weighted by molar-refractivity contribution is 5.89. The molecule has 0 spiro atoms. The first-order valence-electron chi connectivity index (χ1n) is 12.8. The van der Waals surface area contributed by atoms with Gasteiger partial charge in [-0.3, -0.25) is 0 Å². The van der Waals surface area contributed by atoms with Crippen LogP contribution in [0.3, 0.4) is 0 Å². The number of aryl methyl sites for hydroxylation is 2. The van der Waals surface area contributed by atoms with E-state index < -0.39 is 17.5 Å². The van der Waals surface area contributed by atoms with Crippen LogP contribution in [0.15, 0.2) is 55.1 Å². The molecule has 1 aliphatic rings. The highest BCUT2D eigenvalue weighted by Crippen LogP contribution is 2.34. The van der Waals surface area contributed by atoms with Gasteiger partial charge in [0.05, 0.1) is 5.39 Å². The van der Waals surface area contributed by atoms with Crippen LogP contribution in [0, 0.1) is 29.3 Å². The number of hydrogen-bond donors (Lipinski definition) is 0. The van der Waals surface area contributed by atoms with E-state index in [0.29, 0.717) is 34.4 Å². The molecule has 1 fully saturated rings. The highest BCUT2D eigenvalue weighted by atomic mass is 19.2. The van der Waals surface area contributed by atoms with E-state index in [2.05, 4.69) is 19.6 Å². The Bertz CT molecular complexity index is 1120. The zero-order valence-electron chi connectivity index (χ0n) is 20.2. The lowest BCUT2D eigenvalue weighted by Crippen LogP contribution is -2.13. The summed E-state index contributed by atoms with van der Waals surface area (Å²) in [6.07, 6.45) is 12.5. The van der Waals surface area contributed by atoms with Crippen LogP contribution in [0.5, 0.6) is 0 Å². The molecule has 0 atom stereocenters. The second-order valence-electron chi connectivity index (χ2n) is 9.90. The number of halogens is 3. The Kier molecular flexibility index (Phi) is 8.13. The van der Waals surface area contributed by atoms with E-state index in [-0.39, 0.29) is 5.39 Å². The van der Waals surface area contributed by atoms with Crippen LogP contribution in [-0.4, -0.2) is 0 Å². The Morgan fingerprint density at radius 1 is 0.853 bits per heavy atom. The van der Waals surface area contributed by atoms with E-state index >= 15 is 4.39 Å². The maximum Gasteiger partial charge on any atom is 0.169 e. The molecule has 0 radical (unpaired) electrons. The third-order valence-corrected chi connectivity index (χ3v) is 7.58. The van der Waals surface area contributed by atoms with Gasteiger partial charge in [0, 0.05) is 5.56 Å². The number of hydrogen-bond acceptors (Lipinski definition) is 0. The van der Waals surface area contributed by atoms with E-state index in [1.807, 2.05) is 24.3 Å². The van der Waals surface area contributed by atoms with Crippen LogP contribution in [0.4, 0.5) is 13.2 Å². The first-order valence-corrected chi connectivity index (χ1v) is 12.8. The summed E-state index contributed by atoms with van der Waals surface area (Å²) in [5.74, 6) is -1.25. The summed E-state index contributed by atoms with van der Waals surface area (Å²) in [4.78, 5) is 0. The monoisotopic (exact) mass is 464 g/mol. The van der Waals surface area contributed by atoms with Crippen molar-refractivity contribution in [2.45, 2.75) is 71.1 Å². The summed E-state index contributed by atoms with van der Waals surface area (Å²) < 4.78 is 44.9. The van der Waals surface area contributed by atoms with Gasteiger partial charge in [0.1, 0.15) is 5.82 Å². The van der Waals surface area contributed by atoms with Crippen molar-refractivity contribution in [1.29, 1.82) is 0 Å². The van der Waals surface area contributed by atoms with Gasteiger partial charge in [0.25, 0.3) is 0 Å². The highest BCUT2D eigenvalue weighted by Gasteiger charge is 2.20. The standard InChI is InChI=1S/C31H35F3/c1-3-5-6-7-26-20-25-18-19-27(30(33)28(25)31(34)29(26)32)24-16-14-23(15-17-24)13-12-22-10-8-21(4-2)9-11-22/h4,14-22H,2-3,5-13H2,1H3. The van der Waals surface area contributed by atoms with E-state index in [0.717, 1.165) is 31.6 Å². The minimum atomic E-state index is -1.08. The van der Waals surface area contributed by atoms with Crippen LogP contribution < -0.4 is 0 Å². The molecule has 4 rings (SSSR count). The largest absolute Gasteiger partial charge is 0.206 e. The SMILES string of the molecule is C=CC1CCC(CCc2ccc(-c3ccc4cc(CCCCC)c(F)c(F)c4c3F)cc2)CC1. The molecule has 0 saturated heterocycles. The first-order chi connectivity index (χ1) is 16.5. The van der Waals surface area contributed by atoms with Crippen molar-refractivity contribution >= 4 is 10.8 Å². The van der Waals surface area contributed by atoms with E-state index in [4.69, 9.17) is 0 Å². The van der Waals surface area contributed by atoms with Crippen molar-refractivity contribution in [3.8, 4) is 11.1 Å². The molecule has 0 aliphatic heterocycles. The number of fused-ring (bicyclic) bond motifs is 1. The zero-order chi connectivity index (χ0) is 24.1. The Morgan fingerprint density at radius 3 is 2.26 bits per heavy atom. The van der Waals surface area contributed by atoms with Crippen LogP contribution in [0.25, 0.3) is 21.9 Å². The molecule has 0 nitrogen and oxygen atoms in total. The molecule has 0 aromatic heterocycles. The summed E-state index contributed by atoms with van der Waals surface area (Å²) in [5, 5.41) is 0.155. The molecule has 0 bridgehead atoms. The fraction of sp³-hybridized carbons (Fsp3) is 0.419. The van der Waals surface area contributed by atoms with E-state index in [9.17, 15) is 8.78 Å². The molecule has 0 amide bonds. The Morgan fingerprint density at radius 2 is 1.59 bits per heavy atom. The lowest BCUT2D eigenvalue weighted by Gasteiger charge is -2.26. The van der Waals surface area contributed by atoms with Crippen molar-refractivity contribution in [2.75, 3.05) is 0 Å². The predicted molar refractivity (Wildman–Crippen MR) is 136 cm³/mol. The third kappa shape index (κ3) is 5.40. The molecule has 3 heteroatoms. The Labute approximate surface area is 201 Å². The van der Waals surface area contributed by atoms with Gasteiger partial charge in [0.15, 0.2) is 11.6 Å². The van der Waals surface area contributed by atoms with Gasteiger partial charge in [-0.15, -0.1) is 6.58 Å². The fourth-order valence-electron chi connectivity index (χ4n) is 5.34. The Balaban J connectivity index is 1.49. The van der Waals surface area contributed by atoms with Gasteiger partial charge < -0.3 is 0 Å². The van der Waals surface area contributed by atoms with Crippen molar-refractivity contribution in [3.05, 3.63) is 83.7 Å². The molecule has 3 aromatic carbocycles. The number of allylic oxidation sites excluding steroid dienone is 1. The molecule has 1 saturated carbocycles. The predicted octanol–water partition coefficient (Wildman–Crippen LogP) is 9.58. The average molecular weight is 465 g/mol. The lowest BCUT2D eigenvalue weighted by molar-refractivity contribution is 0.296. The van der Waals surface area contributed by atoms with Crippen molar-refractivity contribution in [2.24, 2.45) is 11.8 Å². The second kappa shape index (κ2) is 11.3. The number of unbranched alkanes of at least 4 members (excludes halogenated alkanes) is 2. The van der Waals surface area contributed by atoms with Crippen LogP contribution >= 0.6 is 0 Å². The summed E-state index contributed by atoms with van der Waals surface area (Å²) in [6, 6.07) is 12.8. The second-order valence-corrected chi connectivity index (χ2v) is 9.90. The fourth-order valence-corrected chi connectivity index (χ4v) is 5.34. The van der Waals surface area contributed by atoms with Gasteiger partial charge in [-0.25, -0.2) is 13.2 Å². The minimum absolute atomic E-state index is 0.256. The smallest absolute Gasteiger partial charge is 0.169 e. The molecular formula is C31H35F3. The van der Waals surface area contributed by atoms with Gasteiger partial charge >= 0.3 is 0 Å². The Hall–Kier alpha value is -2.55. The number of rotatable bonds is 9. The van der Waals surface area contributed by atoms with Crippen LogP contribution in [-0.2, 0) is 12.8 Å². The van der Waals surface area contributed by atoms with Gasteiger partial charge in [-0.05, 0) is 91.3 Å². The molecule has 3 aromatic rings. The van der Waals surface area contributed by atoms with Crippen LogP contribution in [0.1, 0.15) is 69.4 Å². The van der Waals surface area contributed by atoms with E-state index in [1.165, 1.54) is 37.7 Å². The molecule has 34 heavy (non-hydrogen) atoms. The maximum absolute atomic E-state index is 15.4. The van der Waals surface area contributed by atoms with Crippen LogP contribution in [0.2, 0.25) is 0 Å². The minimum Gasteiger partial charge on any atom is -0.206 e. The zero-order valence-corrected chi connectivity index (χ0v) is 20.2. The molecule has 0 unspecified atom stereocenters. The quantitative estimate of drug-likeness (QED) is 0.218. The van der Waals surface area contributed by atoms with E-state index in [1.54, 1.807) is 18.2 Å². The van der Waals surface area contributed by atoms with Crippen molar-refractivity contribution < 1.29 is 13.2 Å². The third-order valence-electron chi connectivity index (χ3n) is 7.58. The molecular weight excluding hydrogens is 429 g/mol. The van der Waals surface area contributed by atoms with Crippen molar-refractivity contribution in [3.63, 3.8) is 0 Å². The molecule has 180 valence electrons. The summed E-state index contributed by atoms with van der Waals surface area (Å²) in [6.45, 7) is 5.98. The van der Waals surface area contributed by atoms with Crippen molar-refractivity contribution in [1.82, 2.24) is 0 Å². The first kappa shape index (κ1) is 24.6. The maximum atomic E-state index is 15.4. The summed E-state index contributed by atoms with van der Waals surface area (Å²) in [7, 11) is 0. The van der Waals surface area contributed by atoms with Gasteiger partial charge in [-0.2, -0.15) is 0 Å². The van der Waals surface area contributed by atoms with Gasteiger partial charge in [0.2, 0.25) is 0 Å². The number of benzene rings is 3. The van der Waals surface area contributed by atoms with Gasteiger partial charge in [-0.1, -0.05) is 62.2 Å². The topological polar surface area (TPSA) is 0 Å². The summed E-state index contributed by atoms with van der Waals surface area (Å²) in [5.41, 5.74) is 2.54. The normalized spacial score (nSPS) is 18.4. The molecule has 1 aliphatic carbocycles.